The third-order valence-corrected chi connectivity index (χ3v) is 3.67. The fourth-order valence-corrected chi connectivity index (χ4v) is 2.83. The number of nitrogens with one attached hydrogen (secondary N) is 1. The van der Waals surface area contributed by atoms with E-state index in [9.17, 15) is 13.5 Å². The van der Waals surface area contributed by atoms with Crippen molar-refractivity contribution in [3.05, 3.63) is 35.9 Å². The summed E-state index contributed by atoms with van der Waals surface area (Å²) in [5, 5.41) is 12.9. The van der Waals surface area contributed by atoms with Crippen LogP contribution in [0.15, 0.2) is 30.3 Å². The van der Waals surface area contributed by atoms with E-state index in [1.165, 1.54) is 6.26 Å². The second-order valence-electron chi connectivity index (χ2n) is 4.75. The van der Waals surface area contributed by atoms with Crippen molar-refractivity contribution in [1.29, 1.82) is 0 Å². The molecule has 0 aliphatic carbocycles. The van der Waals surface area contributed by atoms with Gasteiger partial charge >= 0.3 is 0 Å². The molecule has 18 heavy (non-hydrogen) atoms. The Morgan fingerprint density at radius 1 is 1.28 bits per heavy atom. The van der Waals surface area contributed by atoms with E-state index in [1.54, 1.807) is 6.92 Å². The van der Waals surface area contributed by atoms with E-state index in [4.69, 9.17) is 0 Å². The standard InChI is InChI=1S/C13H21NO3S/c1-11(10-18(2,16)17)14-9-13(15)8-12-6-4-3-5-7-12/h3-7,11,13-15H,8-10H2,1-2H3. The van der Waals surface area contributed by atoms with Crippen molar-refractivity contribution in [3.63, 3.8) is 0 Å². The predicted molar refractivity (Wildman–Crippen MR) is 73.3 cm³/mol. The van der Waals surface area contributed by atoms with Gasteiger partial charge in [0.15, 0.2) is 0 Å². The molecule has 1 aromatic carbocycles. The summed E-state index contributed by atoms with van der Waals surface area (Å²) in [6, 6.07) is 9.57. The van der Waals surface area contributed by atoms with E-state index >= 15 is 0 Å². The van der Waals surface area contributed by atoms with Crippen molar-refractivity contribution in [2.75, 3.05) is 18.6 Å². The van der Waals surface area contributed by atoms with E-state index in [-0.39, 0.29) is 11.8 Å². The molecule has 0 aliphatic rings. The van der Waals surface area contributed by atoms with E-state index in [2.05, 4.69) is 5.32 Å². The largest absolute Gasteiger partial charge is 0.391 e. The van der Waals surface area contributed by atoms with Crippen molar-refractivity contribution >= 4 is 9.84 Å². The molecule has 1 rings (SSSR count). The maximum absolute atomic E-state index is 11.1. The van der Waals surface area contributed by atoms with Gasteiger partial charge in [-0.3, -0.25) is 0 Å². The summed E-state index contributed by atoms with van der Waals surface area (Å²) >= 11 is 0. The first-order valence-electron chi connectivity index (χ1n) is 6.00. The van der Waals surface area contributed by atoms with Crippen molar-refractivity contribution < 1.29 is 13.5 Å². The zero-order valence-electron chi connectivity index (χ0n) is 10.8. The lowest BCUT2D eigenvalue weighted by Gasteiger charge is -2.16. The molecule has 2 N–H and O–H groups in total. The Hall–Kier alpha value is -0.910. The van der Waals surface area contributed by atoms with Gasteiger partial charge in [0, 0.05) is 18.8 Å². The van der Waals surface area contributed by atoms with Gasteiger partial charge in [-0.15, -0.1) is 0 Å². The minimum atomic E-state index is -2.97. The number of aliphatic hydroxyl groups is 1. The molecule has 0 saturated heterocycles. The quantitative estimate of drug-likeness (QED) is 0.762. The molecule has 102 valence electrons. The van der Waals surface area contributed by atoms with Crippen LogP contribution in [0.4, 0.5) is 0 Å². The molecule has 0 aliphatic heterocycles. The van der Waals surface area contributed by atoms with Gasteiger partial charge in [-0.25, -0.2) is 8.42 Å². The summed E-state index contributed by atoms with van der Waals surface area (Å²) in [5.41, 5.74) is 1.07. The average Bonchev–Trinajstić information content (AvgIpc) is 2.25. The van der Waals surface area contributed by atoms with Crippen LogP contribution in [0.5, 0.6) is 0 Å². The Labute approximate surface area is 109 Å². The van der Waals surface area contributed by atoms with Gasteiger partial charge in [-0.05, 0) is 18.9 Å². The SMILES string of the molecule is CC(CS(C)(=O)=O)NCC(O)Cc1ccccc1. The van der Waals surface area contributed by atoms with Crippen LogP contribution >= 0.6 is 0 Å². The molecule has 0 amide bonds. The molecule has 0 aromatic heterocycles. The molecule has 5 heteroatoms. The molecule has 2 atom stereocenters. The third-order valence-electron chi connectivity index (χ3n) is 2.57. The molecular weight excluding hydrogens is 250 g/mol. The first kappa shape index (κ1) is 15.1. The van der Waals surface area contributed by atoms with Gasteiger partial charge in [0.25, 0.3) is 0 Å². The fraction of sp³-hybridized carbons (Fsp3) is 0.538. The molecular formula is C13H21NO3S. The Bertz CT molecular complexity index is 445. The van der Waals surface area contributed by atoms with E-state index in [1.807, 2.05) is 30.3 Å². The molecule has 0 heterocycles. The number of rotatable bonds is 7. The van der Waals surface area contributed by atoms with Gasteiger partial charge in [0.1, 0.15) is 9.84 Å². The Kier molecular flexibility index (Phi) is 5.78. The molecule has 0 radical (unpaired) electrons. The number of benzene rings is 1. The van der Waals surface area contributed by atoms with Gasteiger partial charge in [-0.1, -0.05) is 30.3 Å². The highest BCUT2D eigenvalue weighted by Gasteiger charge is 2.12. The predicted octanol–water partition coefficient (Wildman–Crippen LogP) is 0.613. The van der Waals surface area contributed by atoms with Gasteiger partial charge < -0.3 is 10.4 Å². The third kappa shape index (κ3) is 6.74. The zero-order chi connectivity index (χ0) is 13.6. The smallest absolute Gasteiger partial charge is 0.148 e. The highest BCUT2D eigenvalue weighted by molar-refractivity contribution is 7.90. The van der Waals surface area contributed by atoms with E-state index in [0.717, 1.165) is 5.56 Å². The minimum absolute atomic E-state index is 0.0884. The summed E-state index contributed by atoms with van der Waals surface area (Å²) in [7, 11) is -2.97. The van der Waals surface area contributed by atoms with Crippen molar-refractivity contribution in [2.24, 2.45) is 0 Å². The lowest BCUT2D eigenvalue weighted by molar-refractivity contribution is 0.169. The summed E-state index contributed by atoms with van der Waals surface area (Å²) in [6.07, 6.45) is 1.28. The van der Waals surface area contributed by atoms with Crippen LogP contribution in [-0.4, -0.2) is 44.2 Å². The van der Waals surface area contributed by atoms with Crippen LogP contribution in [0.2, 0.25) is 0 Å². The fourth-order valence-electron chi connectivity index (χ4n) is 1.81. The first-order chi connectivity index (χ1) is 8.37. The summed E-state index contributed by atoms with van der Waals surface area (Å²) in [5.74, 6) is 0.0884. The van der Waals surface area contributed by atoms with Crippen molar-refractivity contribution in [3.8, 4) is 0 Å². The second-order valence-corrected chi connectivity index (χ2v) is 6.93. The van der Waals surface area contributed by atoms with Crippen molar-refractivity contribution in [1.82, 2.24) is 5.32 Å². The number of aliphatic hydroxyl groups excluding tert-OH is 1. The Balaban J connectivity index is 2.31. The normalized spacial score (nSPS) is 15.3. The summed E-state index contributed by atoms with van der Waals surface area (Å²) in [4.78, 5) is 0. The number of hydrogen-bond donors (Lipinski definition) is 2. The molecule has 0 saturated carbocycles. The Morgan fingerprint density at radius 2 is 1.89 bits per heavy atom. The number of sulfone groups is 1. The van der Waals surface area contributed by atoms with E-state index < -0.39 is 15.9 Å². The monoisotopic (exact) mass is 271 g/mol. The topological polar surface area (TPSA) is 66.4 Å². The first-order valence-corrected chi connectivity index (χ1v) is 8.06. The van der Waals surface area contributed by atoms with Gasteiger partial charge in [0.2, 0.25) is 0 Å². The van der Waals surface area contributed by atoms with Gasteiger partial charge in [-0.2, -0.15) is 0 Å². The maximum atomic E-state index is 11.1. The van der Waals surface area contributed by atoms with Gasteiger partial charge in [0.05, 0.1) is 11.9 Å². The van der Waals surface area contributed by atoms with Crippen LogP contribution < -0.4 is 5.32 Å². The summed E-state index contributed by atoms with van der Waals surface area (Å²) in [6.45, 7) is 2.20. The highest BCUT2D eigenvalue weighted by Crippen LogP contribution is 2.02. The molecule has 4 nitrogen and oxygen atoms in total. The van der Waals surface area contributed by atoms with Crippen LogP contribution in [0.25, 0.3) is 0 Å². The summed E-state index contributed by atoms with van der Waals surface area (Å²) < 4.78 is 22.1. The maximum Gasteiger partial charge on any atom is 0.148 e. The minimum Gasteiger partial charge on any atom is -0.391 e. The Morgan fingerprint density at radius 3 is 2.44 bits per heavy atom. The molecule has 1 aromatic rings. The zero-order valence-corrected chi connectivity index (χ0v) is 11.7. The average molecular weight is 271 g/mol. The lowest BCUT2D eigenvalue weighted by Crippen LogP contribution is -2.38. The van der Waals surface area contributed by atoms with E-state index in [0.29, 0.717) is 13.0 Å². The second kappa shape index (κ2) is 6.87. The lowest BCUT2D eigenvalue weighted by atomic mass is 10.1. The molecule has 0 bridgehead atoms. The molecule has 2 unspecified atom stereocenters. The molecule has 0 spiro atoms. The number of hydrogen-bond acceptors (Lipinski definition) is 4. The van der Waals surface area contributed by atoms with Crippen LogP contribution in [0.1, 0.15) is 12.5 Å². The van der Waals surface area contributed by atoms with Crippen LogP contribution in [0.3, 0.4) is 0 Å². The van der Waals surface area contributed by atoms with Crippen molar-refractivity contribution in [2.45, 2.75) is 25.5 Å². The molecule has 0 fully saturated rings. The van der Waals surface area contributed by atoms with Crippen LogP contribution in [0, 0.1) is 0 Å². The van der Waals surface area contributed by atoms with Crippen LogP contribution in [-0.2, 0) is 16.3 Å². The highest BCUT2D eigenvalue weighted by atomic mass is 32.2.